The Morgan fingerprint density at radius 3 is 2.25 bits per heavy atom. The number of hydrogen-bond acceptors (Lipinski definition) is 5. The molecule has 9 heteroatoms. The normalized spacial score (nSPS) is 12.2. The van der Waals surface area contributed by atoms with Crippen LogP contribution in [0.4, 0.5) is 4.39 Å². The van der Waals surface area contributed by atoms with Crippen LogP contribution in [0.3, 0.4) is 0 Å². The first-order valence-corrected chi connectivity index (χ1v) is 11.6. The van der Waals surface area contributed by atoms with Crippen molar-refractivity contribution in [2.45, 2.75) is 23.0 Å². The molecule has 2 aromatic carbocycles. The first-order chi connectivity index (χ1) is 15.4. The molecule has 168 valence electrons. The third-order valence-corrected chi connectivity index (χ3v) is 6.88. The van der Waals surface area contributed by atoms with Crippen molar-refractivity contribution in [3.8, 4) is 0 Å². The van der Waals surface area contributed by atoms with Crippen LogP contribution in [0.15, 0.2) is 82.3 Å². The predicted molar refractivity (Wildman–Crippen MR) is 116 cm³/mol. The van der Waals surface area contributed by atoms with Gasteiger partial charge in [0.15, 0.2) is 9.84 Å². The van der Waals surface area contributed by atoms with Crippen LogP contribution in [-0.2, 0) is 25.8 Å². The van der Waals surface area contributed by atoms with Gasteiger partial charge in [-0.15, -0.1) is 0 Å². The van der Waals surface area contributed by atoms with E-state index in [1.54, 1.807) is 0 Å². The molecule has 1 heterocycles. The fraction of sp³-hybridized carbons (Fsp3) is 0.217. The molecule has 2 N–H and O–H groups in total. The summed E-state index contributed by atoms with van der Waals surface area (Å²) >= 11 is 0. The van der Waals surface area contributed by atoms with E-state index in [2.05, 4.69) is 10.6 Å². The Hall–Kier alpha value is -3.46. The molecule has 0 saturated heterocycles. The number of sulfone groups is 1. The van der Waals surface area contributed by atoms with E-state index < -0.39 is 32.7 Å². The van der Waals surface area contributed by atoms with Crippen LogP contribution in [0.1, 0.15) is 23.0 Å². The lowest BCUT2D eigenvalue weighted by molar-refractivity contribution is -0.139. The zero-order valence-electron chi connectivity index (χ0n) is 17.2. The Balaban J connectivity index is 1.58. The van der Waals surface area contributed by atoms with Gasteiger partial charge in [0.05, 0.1) is 11.2 Å². The molecule has 2 amide bonds. The minimum absolute atomic E-state index is 0.0953. The summed E-state index contributed by atoms with van der Waals surface area (Å²) in [6.45, 7) is -0.0832. The maximum Gasteiger partial charge on any atom is 0.309 e. The molecule has 3 rings (SSSR count). The lowest BCUT2D eigenvalue weighted by Gasteiger charge is -2.16. The molecule has 0 spiro atoms. The van der Waals surface area contributed by atoms with Crippen LogP contribution in [-0.4, -0.2) is 33.3 Å². The third-order valence-electron chi connectivity index (χ3n) is 4.80. The van der Waals surface area contributed by atoms with Crippen LogP contribution in [0.25, 0.3) is 0 Å². The fourth-order valence-electron chi connectivity index (χ4n) is 3.11. The molecular weight excluding hydrogens is 435 g/mol. The number of nitrogens with one attached hydrogen (secondary N) is 2. The second kappa shape index (κ2) is 10.7. The van der Waals surface area contributed by atoms with Crippen molar-refractivity contribution in [1.29, 1.82) is 0 Å². The maximum atomic E-state index is 13.2. The summed E-state index contributed by atoms with van der Waals surface area (Å²) in [4.78, 5) is 24.1. The molecule has 1 atom stereocenters. The molecule has 0 radical (unpaired) electrons. The zero-order chi connectivity index (χ0) is 23.0. The average molecular weight is 459 g/mol. The molecular formula is C23H23FN2O5S. The van der Waals surface area contributed by atoms with Crippen LogP contribution in [0.2, 0.25) is 0 Å². The molecule has 0 unspecified atom stereocenters. The maximum absolute atomic E-state index is 13.2. The van der Waals surface area contributed by atoms with Gasteiger partial charge < -0.3 is 15.1 Å². The number of furan rings is 1. The molecule has 0 saturated carbocycles. The number of carbonyl (C=O) groups excluding carboxylic acids is 2. The molecule has 3 aromatic rings. The van der Waals surface area contributed by atoms with Gasteiger partial charge in [-0.25, -0.2) is 12.8 Å². The third kappa shape index (κ3) is 6.04. The van der Waals surface area contributed by atoms with Crippen molar-refractivity contribution in [2.75, 3.05) is 13.1 Å². The van der Waals surface area contributed by atoms with E-state index >= 15 is 0 Å². The van der Waals surface area contributed by atoms with E-state index in [9.17, 15) is 22.4 Å². The number of aryl methyl sites for hydroxylation is 1. The van der Waals surface area contributed by atoms with Crippen molar-refractivity contribution in [3.05, 3.63) is 90.1 Å². The van der Waals surface area contributed by atoms with Crippen molar-refractivity contribution >= 4 is 21.7 Å². The molecule has 0 bridgehead atoms. The van der Waals surface area contributed by atoms with Crippen LogP contribution in [0.5, 0.6) is 0 Å². The van der Waals surface area contributed by atoms with Gasteiger partial charge in [-0.2, -0.15) is 0 Å². The topological polar surface area (TPSA) is 105 Å². The highest BCUT2D eigenvalue weighted by Gasteiger charge is 2.32. The average Bonchev–Trinajstić information content (AvgIpc) is 3.32. The Kier molecular flexibility index (Phi) is 7.77. The van der Waals surface area contributed by atoms with Gasteiger partial charge in [0.2, 0.25) is 0 Å². The molecule has 7 nitrogen and oxygen atoms in total. The lowest BCUT2D eigenvalue weighted by atomic mass is 10.1. The summed E-state index contributed by atoms with van der Waals surface area (Å²) < 4.78 is 44.5. The lowest BCUT2D eigenvalue weighted by Crippen LogP contribution is -2.42. The standard InChI is InChI=1S/C23H23FN2O5S/c24-18-10-12-19(13-11-18)32(29,30)21(20-9-5-15-31-20)16-26-23(28)22(27)25-14-4-8-17-6-2-1-3-7-17/h1-3,5-7,9-13,15,21H,4,8,14,16H2,(H,25,27)(H,26,28)/t21-/m0/s1. The second-order valence-electron chi connectivity index (χ2n) is 7.06. The second-order valence-corrected chi connectivity index (χ2v) is 9.19. The van der Waals surface area contributed by atoms with E-state index in [-0.39, 0.29) is 17.2 Å². The summed E-state index contributed by atoms with van der Waals surface area (Å²) in [5.41, 5.74) is 1.12. The zero-order valence-corrected chi connectivity index (χ0v) is 18.0. The minimum atomic E-state index is -4.02. The summed E-state index contributed by atoms with van der Waals surface area (Å²) in [5.74, 6) is -2.28. The van der Waals surface area contributed by atoms with Gasteiger partial charge in [-0.05, 0) is 54.8 Å². The summed E-state index contributed by atoms with van der Waals surface area (Å²) in [6, 6.07) is 17.1. The largest absolute Gasteiger partial charge is 0.468 e. The van der Waals surface area contributed by atoms with Gasteiger partial charge in [0.25, 0.3) is 0 Å². The van der Waals surface area contributed by atoms with Crippen LogP contribution in [0, 0.1) is 5.82 Å². The van der Waals surface area contributed by atoms with E-state index in [0.717, 1.165) is 36.2 Å². The number of rotatable bonds is 9. The molecule has 0 aliphatic rings. The molecule has 1 aromatic heterocycles. The number of carbonyl (C=O) groups is 2. The Labute approximate surface area is 185 Å². The number of hydrogen-bond donors (Lipinski definition) is 2. The van der Waals surface area contributed by atoms with Crippen molar-refractivity contribution < 1.29 is 26.8 Å². The summed E-state index contributed by atoms with van der Waals surface area (Å²) in [5, 5.41) is 3.59. The van der Waals surface area contributed by atoms with Crippen molar-refractivity contribution in [3.63, 3.8) is 0 Å². The summed E-state index contributed by atoms with van der Waals surface area (Å²) in [7, 11) is -4.02. The van der Waals surface area contributed by atoms with E-state index in [0.29, 0.717) is 13.0 Å². The highest BCUT2D eigenvalue weighted by Crippen LogP contribution is 2.29. The first kappa shape index (κ1) is 23.2. The van der Waals surface area contributed by atoms with E-state index in [4.69, 9.17) is 4.42 Å². The van der Waals surface area contributed by atoms with Crippen molar-refractivity contribution in [2.24, 2.45) is 0 Å². The smallest absolute Gasteiger partial charge is 0.309 e. The highest BCUT2D eigenvalue weighted by atomic mass is 32.2. The van der Waals surface area contributed by atoms with Gasteiger partial charge in [0.1, 0.15) is 16.8 Å². The Morgan fingerprint density at radius 2 is 1.59 bits per heavy atom. The highest BCUT2D eigenvalue weighted by molar-refractivity contribution is 7.91. The van der Waals surface area contributed by atoms with E-state index in [1.807, 2.05) is 30.3 Å². The molecule has 0 fully saturated rings. The fourth-order valence-corrected chi connectivity index (χ4v) is 4.70. The van der Waals surface area contributed by atoms with Gasteiger partial charge in [0, 0.05) is 13.1 Å². The van der Waals surface area contributed by atoms with Crippen LogP contribution >= 0.6 is 0 Å². The monoisotopic (exact) mass is 458 g/mol. The summed E-state index contributed by atoms with van der Waals surface area (Å²) in [6.07, 6.45) is 2.71. The van der Waals surface area contributed by atoms with Gasteiger partial charge >= 0.3 is 11.8 Å². The van der Waals surface area contributed by atoms with Crippen molar-refractivity contribution in [1.82, 2.24) is 10.6 Å². The van der Waals surface area contributed by atoms with Crippen LogP contribution < -0.4 is 10.6 Å². The molecule has 32 heavy (non-hydrogen) atoms. The predicted octanol–water partition coefficient (Wildman–Crippen LogP) is 2.80. The molecule has 0 aliphatic carbocycles. The number of halogens is 1. The first-order valence-electron chi connectivity index (χ1n) is 10.0. The van der Waals surface area contributed by atoms with Gasteiger partial charge in [-0.1, -0.05) is 30.3 Å². The Morgan fingerprint density at radius 1 is 0.906 bits per heavy atom. The number of amides is 2. The van der Waals surface area contributed by atoms with Gasteiger partial charge in [-0.3, -0.25) is 9.59 Å². The SMILES string of the molecule is O=C(NCCCc1ccccc1)C(=O)NC[C@@H](c1ccco1)S(=O)(=O)c1ccc(F)cc1. The Bertz CT molecular complexity index is 1130. The number of benzene rings is 2. The van der Waals surface area contributed by atoms with E-state index in [1.165, 1.54) is 18.4 Å². The molecule has 0 aliphatic heterocycles. The quantitative estimate of drug-likeness (QED) is 0.291. The minimum Gasteiger partial charge on any atom is -0.468 e.